The summed E-state index contributed by atoms with van der Waals surface area (Å²) in [5, 5.41) is 0.00726. The monoisotopic (exact) mass is 292 g/mol. The summed E-state index contributed by atoms with van der Waals surface area (Å²) in [6.45, 7) is 0.00580. The van der Waals surface area contributed by atoms with Gasteiger partial charge in [0.15, 0.2) is 23.8 Å². The van der Waals surface area contributed by atoms with Crippen molar-refractivity contribution in [2.45, 2.75) is 6.61 Å². The molecule has 102 valence electrons. The predicted octanol–water partition coefficient (Wildman–Crippen LogP) is 3.78. The summed E-state index contributed by atoms with van der Waals surface area (Å²) in [5.74, 6) is -0.209. The molecule has 3 rings (SSSR count). The first-order valence-electron chi connectivity index (χ1n) is 5.85. The molecular formula is C14H10ClFN2O2. The first-order chi connectivity index (χ1) is 9.63. The zero-order valence-electron chi connectivity index (χ0n) is 10.3. The van der Waals surface area contributed by atoms with Crippen molar-refractivity contribution in [3.05, 3.63) is 53.1 Å². The Balaban J connectivity index is 1.81. The first kappa shape index (κ1) is 12.7. The van der Waals surface area contributed by atoms with Crippen LogP contribution < -0.4 is 10.5 Å². The minimum absolute atomic E-state index is 0.00580. The summed E-state index contributed by atoms with van der Waals surface area (Å²) in [5.41, 5.74) is 7.47. The van der Waals surface area contributed by atoms with Gasteiger partial charge in [0.05, 0.1) is 5.02 Å². The molecule has 1 heterocycles. The number of anilines is 1. The lowest BCUT2D eigenvalue weighted by Crippen LogP contribution is -1.97. The molecule has 0 aliphatic rings. The topological polar surface area (TPSA) is 61.3 Å². The maximum Gasteiger partial charge on any atom is 0.233 e. The van der Waals surface area contributed by atoms with Gasteiger partial charge in [0.2, 0.25) is 5.89 Å². The van der Waals surface area contributed by atoms with Crippen molar-refractivity contribution >= 4 is 28.4 Å². The fourth-order valence-electron chi connectivity index (χ4n) is 1.79. The van der Waals surface area contributed by atoms with Gasteiger partial charge in [-0.15, -0.1) is 0 Å². The molecule has 0 fully saturated rings. The fraction of sp³-hybridized carbons (Fsp3) is 0.0714. The molecule has 4 nitrogen and oxygen atoms in total. The number of nitrogens with two attached hydrogens (primary N) is 1. The first-order valence-corrected chi connectivity index (χ1v) is 6.23. The molecule has 6 heteroatoms. The van der Waals surface area contributed by atoms with Crippen molar-refractivity contribution in [1.29, 1.82) is 0 Å². The average Bonchev–Trinajstić information content (AvgIpc) is 2.82. The van der Waals surface area contributed by atoms with E-state index in [1.165, 1.54) is 12.1 Å². The number of ether oxygens (including phenoxy) is 1. The van der Waals surface area contributed by atoms with Gasteiger partial charge in [0.25, 0.3) is 0 Å². The molecular weight excluding hydrogens is 283 g/mol. The molecule has 0 atom stereocenters. The molecule has 0 amide bonds. The van der Waals surface area contributed by atoms with Gasteiger partial charge in [-0.2, -0.15) is 0 Å². The summed E-state index contributed by atoms with van der Waals surface area (Å²) < 4.78 is 24.4. The zero-order valence-corrected chi connectivity index (χ0v) is 11.0. The summed E-state index contributed by atoms with van der Waals surface area (Å²) in [4.78, 5) is 4.22. The minimum Gasteiger partial charge on any atom is -0.481 e. The Morgan fingerprint density at radius 2 is 2.15 bits per heavy atom. The molecule has 0 unspecified atom stereocenters. The second-order valence-electron chi connectivity index (χ2n) is 4.18. The molecule has 0 spiro atoms. The minimum atomic E-state index is -0.602. The molecule has 0 saturated carbocycles. The van der Waals surface area contributed by atoms with Crippen LogP contribution in [0.25, 0.3) is 11.1 Å². The Morgan fingerprint density at radius 3 is 3.00 bits per heavy atom. The van der Waals surface area contributed by atoms with Crippen molar-refractivity contribution in [2.75, 3.05) is 5.73 Å². The highest BCUT2D eigenvalue weighted by molar-refractivity contribution is 6.30. The third-order valence-corrected chi connectivity index (χ3v) is 3.02. The Morgan fingerprint density at radius 1 is 1.30 bits per heavy atom. The van der Waals surface area contributed by atoms with Gasteiger partial charge in [-0.25, -0.2) is 9.37 Å². The van der Waals surface area contributed by atoms with Crippen LogP contribution in [0.4, 0.5) is 10.1 Å². The zero-order chi connectivity index (χ0) is 14.1. The van der Waals surface area contributed by atoms with Crippen molar-refractivity contribution < 1.29 is 13.5 Å². The number of rotatable bonds is 3. The second-order valence-corrected chi connectivity index (χ2v) is 4.58. The van der Waals surface area contributed by atoms with E-state index in [9.17, 15) is 4.39 Å². The number of fused-ring (bicyclic) bond motifs is 1. The van der Waals surface area contributed by atoms with Crippen LogP contribution >= 0.6 is 11.6 Å². The third-order valence-electron chi connectivity index (χ3n) is 2.72. The molecule has 2 N–H and O–H groups in total. The van der Waals surface area contributed by atoms with Crippen LogP contribution in [0.5, 0.6) is 5.75 Å². The third kappa shape index (κ3) is 2.40. The molecule has 0 aliphatic carbocycles. The number of nitrogen functional groups attached to an aromatic ring is 1. The Hall–Kier alpha value is -2.27. The van der Waals surface area contributed by atoms with Gasteiger partial charge >= 0.3 is 0 Å². The van der Waals surface area contributed by atoms with E-state index in [1.807, 2.05) is 0 Å². The molecule has 0 aliphatic heterocycles. The number of nitrogens with zero attached hydrogens (tertiary/aromatic N) is 1. The normalized spacial score (nSPS) is 10.9. The van der Waals surface area contributed by atoms with E-state index >= 15 is 0 Å². The number of hydrogen-bond acceptors (Lipinski definition) is 4. The predicted molar refractivity (Wildman–Crippen MR) is 74.2 cm³/mol. The summed E-state index contributed by atoms with van der Waals surface area (Å²) in [7, 11) is 0. The molecule has 2 aromatic carbocycles. The van der Waals surface area contributed by atoms with Crippen LogP contribution in [0.2, 0.25) is 5.02 Å². The smallest absolute Gasteiger partial charge is 0.233 e. The van der Waals surface area contributed by atoms with Gasteiger partial charge in [-0.1, -0.05) is 17.7 Å². The Bertz CT molecular complexity index is 773. The van der Waals surface area contributed by atoms with Gasteiger partial charge in [0.1, 0.15) is 5.52 Å². The van der Waals surface area contributed by atoms with Crippen molar-refractivity contribution in [3.8, 4) is 5.75 Å². The number of oxazole rings is 1. The Kier molecular flexibility index (Phi) is 3.20. The quantitative estimate of drug-likeness (QED) is 0.746. The maximum atomic E-state index is 13.6. The van der Waals surface area contributed by atoms with E-state index in [2.05, 4.69) is 4.98 Å². The van der Waals surface area contributed by atoms with Crippen LogP contribution in [0.1, 0.15) is 5.89 Å². The lowest BCUT2D eigenvalue weighted by atomic mass is 10.3. The van der Waals surface area contributed by atoms with Gasteiger partial charge < -0.3 is 14.9 Å². The highest BCUT2D eigenvalue weighted by atomic mass is 35.5. The SMILES string of the molecule is Nc1ccc2nc(COc3cccc(Cl)c3F)oc2c1. The number of halogens is 2. The fourth-order valence-corrected chi connectivity index (χ4v) is 1.95. The number of benzene rings is 2. The van der Waals surface area contributed by atoms with Crippen molar-refractivity contribution in [1.82, 2.24) is 4.98 Å². The largest absolute Gasteiger partial charge is 0.481 e. The average molecular weight is 293 g/mol. The summed E-state index contributed by atoms with van der Waals surface area (Å²) >= 11 is 5.67. The van der Waals surface area contributed by atoms with Crippen LogP contribution in [0.15, 0.2) is 40.8 Å². The molecule has 20 heavy (non-hydrogen) atoms. The molecule has 3 aromatic rings. The molecule has 0 saturated heterocycles. The molecule has 0 radical (unpaired) electrons. The van der Waals surface area contributed by atoms with Crippen molar-refractivity contribution in [2.24, 2.45) is 0 Å². The van der Waals surface area contributed by atoms with E-state index < -0.39 is 5.82 Å². The highest BCUT2D eigenvalue weighted by Gasteiger charge is 2.10. The Labute approximate surface area is 118 Å². The molecule has 1 aromatic heterocycles. The van der Waals surface area contributed by atoms with Crippen LogP contribution in [0.3, 0.4) is 0 Å². The van der Waals surface area contributed by atoms with E-state index in [0.717, 1.165) is 0 Å². The summed E-state index contributed by atoms with van der Waals surface area (Å²) in [6, 6.07) is 9.69. The second kappa shape index (κ2) is 5.02. The summed E-state index contributed by atoms with van der Waals surface area (Å²) in [6.07, 6.45) is 0. The highest BCUT2D eigenvalue weighted by Crippen LogP contribution is 2.25. The lowest BCUT2D eigenvalue weighted by Gasteiger charge is -2.05. The van der Waals surface area contributed by atoms with Crippen molar-refractivity contribution in [3.63, 3.8) is 0 Å². The van der Waals surface area contributed by atoms with E-state index in [4.69, 9.17) is 26.5 Å². The van der Waals surface area contributed by atoms with E-state index in [-0.39, 0.29) is 17.4 Å². The van der Waals surface area contributed by atoms with Crippen LogP contribution in [-0.2, 0) is 6.61 Å². The van der Waals surface area contributed by atoms with E-state index in [0.29, 0.717) is 22.7 Å². The lowest BCUT2D eigenvalue weighted by molar-refractivity contribution is 0.256. The number of aromatic nitrogens is 1. The van der Waals surface area contributed by atoms with Crippen LogP contribution in [-0.4, -0.2) is 4.98 Å². The van der Waals surface area contributed by atoms with Gasteiger partial charge in [-0.05, 0) is 24.3 Å². The molecule has 0 bridgehead atoms. The number of hydrogen-bond donors (Lipinski definition) is 1. The van der Waals surface area contributed by atoms with Gasteiger partial charge in [-0.3, -0.25) is 0 Å². The van der Waals surface area contributed by atoms with E-state index in [1.54, 1.807) is 24.3 Å². The van der Waals surface area contributed by atoms with Crippen LogP contribution in [0, 0.1) is 5.82 Å². The standard InChI is InChI=1S/C14H10ClFN2O2/c15-9-2-1-3-11(14(9)16)19-7-13-18-10-5-4-8(17)6-12(10)20-13/h1-6H,7,17H2. The van der Waals surface area contributed by atoms with Gasteiger partial charge in [0, 0.05) is 11.8 Å². The maximum absolute atomic E-state index is 13.6.